The molecule has 0 aromatic rings. The van der Waals surface area contributed by atoms with Crippen molar-refractivity contribution in [1.82, 2.24) is 0 Å². The first-order valence-electron chi connectivity index (χ1n) is 4.81. The SMILES string of the molecule is CC(C)C1=C(F)C=CC(C)(C)C=C1Cl. The number of hydrogen-bond acceptors (Lipinski definition) is 0. The normalized spacial score (nSPS) is 21.2. The summed E-state index contributed by atoms with van der Waals surface area (Å²) in [6.45, 7) is 7.89. The van der Waals surface area contributed by atoms with Crippen molar-refractivity contribution < 1.29 is 4.39 Å². The van der Waals surface area contributed by atoms with E-state index in [4.69, 9.17) is 11.6 Å². The first-order valence-corrected chi connectivity index (χ1v) is 5.19. The Kier molecular flexibility index (Phi) is 3.20. The summed E-state index contributed by atoms with van der Waals surface area (Å²) in [6.07, 6.45) is 5.24. The molecule has 78 valence electrons. The lowest BCUT2D eigenvalue weighted by molar-refractivity contribution is 0.617. The van der Waals surface area contributed by atoms with Crippen LogP contribution in [0.2, 0.25) is 0 Å². The van der Waals surface area contributed by atoms with Crippen LogP contribution in [0.25, 0.3) is 0 Å². The maximum atomic E-state index is 13.6. The van der Waals surface area contributed by atoms with Crippen LogP contribution in [0.15, 0.2) is 34.7 Å². The zero-order valence-electron chi connectivity index (χ0n) is 9.07. The fraction of sp³-hybridized carbons (Fsp3) is 0.500. The van der Waals surface area contributed by atoms with E-state index >= 15 is 0 Å². The topological polar surface area (TPSA) is 0 Å². The fourth-order valence-electron chi connectivity index (χ4n) is 1.50. The lowest BCUT2D eigenvalue weighted by atomic mass is 9.92. The van der Waals surface area contributed by atoms with Crippen LogP contribution in [0.1, 0.15) is 27.7 Å². The lowest BCUT2D eigenvalue weighted by Crippen LogP contribution is -2.03. The van der Waals surface area contributed by atoms with E-state index in [-0.39, 0.29) is 17.2 Å². The highest BCUT2D eigenvalue weighted by Crippen LogP contribution is 2.35. The third-order valence-corrected chi connectivity index (χ3v) is 2.56. The second kappa shape index (κ2) is 3.90. The summed E-state index contributed by atoms with van der Waals surface area (Å²) < 4.78 is 13.6. The van der Waals surface area contributed by atoms with Gasteiger partial charge in [-0.15, -0.1) is 0 Å². The molecular formula is C12H16ClF. The maximum Gasteiger partial charge on any atom is 0.127 e. The molecule has 0 aromatic heterocycles. The van der Waals surface area contributed by atoms with Crippen LogP contribution >= 0.6 is 11.6 Å². The molecule has 1 aliphatic carbocycles. The van der Waals surface area contributed by atoms with Crippen molar-refractivity contribution in [2.45, 2.75) is 27.7 Å². The van der Waals surface area contributed by atoms with Gasteiger partial charge in [-0.1, -0.05) is 51.4 Å². The standard InChI is InChI=1S/C12H16ClF/c1-8(2)11-9(13)7-12(3,4)6-5-10(11)14/h5-8H,1-4H3. The molecule has 1 aliphatic rings. The molecule has 0 bridgehead atoms. The van der Waals surface area contributed by atoms with Crippen molar-refractivity contribution in [3.63, 3.8) is 0 Å². The molecule has 0 heterocycles. The molecule has 0 aromatic carbocycles. The highest BCUT2D eigenvalue weighted by Gasteiger charge is 2.20. The van der Waals surface area contributed by atoms with Crippen molar-refractivity contribution in [2.24, 2.45) is 11.3 Å². The molecule has 0 saturated carbocycles. The maximum absolute atomic E-state index is 13.6. The van der Waals surface area contributed by atoms with Crippen LogP contribution in [-0.2, 0) is 0 Å². The molecule has 0 amide bonds. The molecule has 0 unspecified atom stereocenters. The molecule has 0 N–H and O–H groups in total. The second-order valence-corrected chi connectivity index (χ2v) is 4.97. The highest BCUT2D eigenvalue weighted by molar-refractivity contribution is 6.32. The van der Waals surface area contributed by atoms with Gasteiger partial charge < -0.3 is 0 Å². The van der Waals surface area contributed by atoms with Crippen molar-refractivity contribution >= 4 is 11.6 Å². The zero-order chi connectivity index (χ0) is 10.9. The van der Waals surface area contributed by atoms with Gasteiger partial charge in [-0.3, -0.25) is 0 Å². The molecule has 14 heavy (non-hydrogen) atoms. The Hall–Kier alpha value is -0.560. The minimum absolute atomic E-state index is 0.109. The van der Waals surface area contributed by atoms with Gasteiger partial charge in [0.25, 0.3) is 0 Å². The summed E-state index contributed by atoms with van der Waals surface area (Å²) in [4.78, 5) is 0. The second-order valence-electron chi connectivity index (χ2n) is 4.56. The zero-order valence-corrected chi connectivity index (χ0v) is 9.82. The van der Waals surface area contributed by atoms with E-state index in [1.54, 1.807) is 0 Å². The summed E-state index contributed by atoms with van der Waals surface area (Å²) in [7, 11) is 0. The van der Waals surface area contributed by atoms with Gasteiger partial charge in [-0.25, -0.2) is 4.39 Å². The molecule has 0 spiro atoms. The average Bonchev–Trinajstić information content (AvgIpc) is 2.07. The first-order chi connectivity index (χ1) is 6.33. The summed E-state index contributed by atoms with van der Waals surface area (Å²) >= 11 is 6.08. The Balaban J connectivity index is 3.22. The van der Waals surface area contributed by atoms with Gasteiger partial charge in [0, 0.05) is 16.0 Å². The average molecular weight is 215 g/mol. The van der Waals surface area contributed by atoms with Gasteiger partial charge >= 0.3 is 0 Å². The van der Waals surface area contributed by atoms with Crippen LogP contribution < -0.4 is 0 Å². The Morgan fingerprint density at radius 2 is 1.93 bits per heavy atom. The van der Waals surface area contributed by atoms with E-state index in [0.717, 1.165) is 0 Å². The van der Waals surface area contributed by atoms with Gasteiger partial charge in [0.05, 0.1) is 0 Å². The van der Waals surface area contributed by atoms with Crippen molar-refractivity contribution in [2.75, 3.05) is 0 Å². The van der Waals surface area contributed by atoms with Crippen molar-refractivity contribution in [3.8, 4) is 0 Å². The molecule has 0 atom stereocenters. The molecule has 1 rings (SSSR count). The van der Waals surface area contributed by atoms with Gasteiger partial charge in [-0.05, 0) is 12.0 Å². The van der Waals surface area contributed by atoms with Crippen LogP contribution in [0.3, 0.4) is 0 Å². The third-order valence-electron chi connectivity index (χ3n) is 2.25. The van der Waals surface area contributed by atoms with Crippen LogP contribution in [0.4, 0.5) is 4.39 Å². The monoisotopic (exact) mass is 214 g/mol. The van der Waals surface area contributed by atoms with E-state index in [1.807, 2.05) is 39.8 Å². The Labute approximate surface area is 90.1 Å². The van der Waals surface area contributed by atoms with Gasteiger partial charge in [0.2, 0.25) is 0 Å². The van der Waals surface area contributed by atoms with Crippen molar-refractivity contribution in [1.29, 1.82) is 0 Å². The van der Waals surface area contributed by atoms with Gasteiger partial charge in [0.1, 0.15) is 5.83 Å². The Bertz CT molecular complexity index is 319. The van der Waals surface area contributed by atoms with E-state index in [0.29, 0.717) is 10.6 Å². The van der Waals surface area contributed by atoms with Crippen LogP contribution in [-0.4, -0.2) is 0 Å². The fourth-order valence-corrected chi connectivity index (χ4v) is 2.09. The van der Waals surface area contributed by atoms with Gasteiger partial charge in [-0.2, -0.15) is 0 Å². The minimum atomic E-state index is -0.216. The predicted molar refractivity (Wildman–Crippen MR) is 59.8 cm³/mol. The summed E-state index contributed by atoms with van der Waals surface area (Å²) in [5.74, 6) is -0.107. The number of hydrogen-bond donors (Lipinski definition) is 0. The molecule has 0 nitrogen and oxygen atoms in total. The number of halogens is 2. The van der Waals surface area contributed by atoms with E-state index in [1.165, 1.54) is 6.08 Å². The Morgan fingerprint density at radius 1 is 1.36 bits per heavy atom. The van der Waals surface area contributed by atoms with E-state index < -0.39 is 0 Å². The molecule has 0 saturated heterocycles. The predicted octanol–water partition coefficient (Wildman–Crippen LogP) is 4.58. The molecule has 2 heteroatoms. The smallest absolute Gasteiger partial charge is 0.127 e. The van der Waals surface area contributed by atoms with Gasteiger partial charge in [0.15, 0.2) is 0 Å². The Morgan fingerprint density at radius 3 is 2.43 bits per heavy atom. The lowest BCUT2D eigenvalue weighted by Gasteiger charge is -2.15. The van der Waals surface area contributed by atoms with Crippen LogP contribution in [0, 0.1) is 11.3 Å². The number of allylic oxidation sites excluding steroid dienone is 6. The summed E-state index contributed by atoms with van der Waals surface area (Å²) in [6, 6.07) is 0. The quantitative estimate of drug-likeness (QED) is 0.599. The molecule has 0 aliphatic heterocycles. The molecular weight excluding hydrogens is 199 g/mol. The van der Waals surface area contributed by atoms with Crippen molar-refractivity contribution in [3.05, 3.63) is 34.7 Å². The van der Waals surface area contributed by atoms with E-state index in [9.17, 15) is 4.39 Å². The summed E-state index contributed by atoms with van der Waals surface area (Å²) in [5.41, 5.74) is 0.430. The highest BCUT2D eigenvalue weighted by atomic mass is 35.5. The first kappa shape index (κ1) is 11.5. The summed E-state index contributed by atoms with van der Waals surface area (Å²) in [5, 5.41) is 0.535. The molecule has 0 fully saturated rings. The van der Waals surface area contributed by atoms with E-state index in [2.05, 4.69) is 0 Å². The minimum Gasteiger partial charge on any atom is -0.207 e. The number of rotatable bonds is 1. The molecule has 0 radical (unpaired) electrons. The van der Waals surface area contributed by atoms with Crippen LogP contribution in [0.5, 0.6) is 0 Å². The third kappa shape index (κ3) is 2.48. The largest absolute Gasteiger partial charge is 0.207 e.